The number of halogens is 1. The number of amides is 1. The van der Waals surface area contributed by atoms with E-state index in [0.29, 0.717) is 16.6 Å². The van der Waals surface area contributed by atoms with Crippen molar-refractivity contribution in [1.82, 2.24) is 0 Å². The van der Waals surface area contributed by atoms with Crippen LogP contribution in [0.4, 0.5) is 5.69 Å². The van der Waals surface area contributed by atoms with E-state index in [0.717, 1.165) is 23.3 Å². The summed E-state index contributed by atoms with van der Waals surface area (Å²) in [6, 6.07) is 13.3. The molecule has 4 heteroatoms. The summed E-state index contributed by atoms with van der Waals surface area (Å²) in [5.74, 6) is 0.957. The number of anilines is 1. The van der Waals surface area contributed by atoms with Crippen LogP contribution in [0, 0.1) is 6.92 Å². The van der Waals surface area contributed by atoms with Crippen molar-refractivity contribution in [2.75, 3.05) is 11.9 Å². The number of hydrogen-bond donors (Lipinski definition) is 1. The summed E-state index contributed by atoms with van der Waals surface area (Å²) in [6.07, 6.45) is 1.02. The summed E-state index contributed by atoms with van der Waals surface area (Å²) in [5, 5.41) is 3.47. The van der Waals surface area contributed by atoms with E-state index in [1.165, 1.54) is 0 Å². The molecular formula is C19H22ClNO2. The maximum absolute atomic E-state index is 12.1. The van der Waals surface area contributed by atoms with Gasteiger partial charge in [0.1, 0.15) is 5.75 Å². The molecule has 1 unspecified atom stereocenters. The van der Waals surface area contributed by atoms with E-state index in [-0.39, 0.29) is 12.5 Å². The summed E-state index contributed by atoms with van der Waals surface area (Å²) in [4.78, 5) is 12.1. The van der Waals surface area contributed by atoms with Crippen LogP contribution in [0.1, 0.15) is 37.3 Å². The molecule has 1 N–H and O–H groups in total. The lowest BCUT2D eigenvalue weighted by Gasteiger charge is -2.16. The zero-order valence-electron chi connectivity index (χ0n) is 13.7. The van der Waals surface area contributed by atoms with Gasteiger partial charge in [0.15, 0.2) is 6.61 Å². The van der Waals surface area contributed by atoms with Gasteiger partial charge in [0, 0.05) is 10.7 Å². The Balaban J connectivity index is 2.01. The van der Waals surface area contributed by atoms with Gasteiger partial charge >= 0.3 is 0 Å². The van der Waals surface area contributed by atoms with Gasteiger partial charge in [0.2, 0.25) is 0 Å². The van der Waals surface area contributed by atoms with Gasteiger partial charge < -0.3 is 10.1 Å². The Kier molecular flexibility index (Phi) is 6.05. The average Bonchev–Trinajstić information content (AvgIpc) is 2.56. The number of nitrogens with one attached hydrogen (secondary N) is 1. The van der Waals surface area contributed by atoms with Crippen LogP contribution in [0.15, 0.2) is 42.5 Å². The highest BCUT2D eigenvalue weighted by Crippen LogP contribution is 2.28. The molecule has 0 heterocycles. The molecule has 0 aromatic heterocycles. The number of benzene rings is 2. The largest absolute Gasteiger partial charge is 0.483 e. The van der Waals surface area contributed by atoms with Crippen molar-refractivity contribution < 1.29 is 9.53 Å². The number of carbonyl (C=O) groups is 1. The Labute approximate surface area is 142 Å². The van der Waals surface area contributed by atoms with Crippen LogP contribution in [-0.4, -0.2) is 12.5 Å². The monoisotopic (exact) mass is 331 g/mol. The Morgan fingerprint density at radius 2 is 1.96 bits per heavy atom. The van der Waals surface area contributed by atoms with Crippen LogP contribution < -0.4 is 10.1 Å². The van der Waals surface area contributed by atoms with E-state index in [4.69, 9.17) is 16.3 Å². The topological polar surface area (TPSA) is 38.3 Å². The van der Waals surface area contributed by atoms with Crippen molar-refractivity contribution in [3.05, 3.63) is 58.6 Å². The van der Waals surface area contributed by atoms with Gasteiger partial charge in [-0.1, -0.05) is 49.7 Å². The fraction of sp³-hybridized carbons (Fsp3) is 0.316. The zero-order chi connectivity index (χ0) is 16.8. The number of para-hydroxylation sites is 1. The van der Waals surface area contributed by atoms with E-state index >= 15 is 0 Å². The number of rotatable bonds is 6. The minimum Gasteiger partial charge on any atom is -0.483 e. The third kappa shape index (κ3) is 4.49. The quantitative estimate of drug-likeness (QED) is 0.792. The van der Waals surface area contributed by atoms with E-state index < -0.39 is 0 Å². The number of carbonyl (C=O) groups excluding carboxylic acids is 1. The van der Waals surface area contributed by atoms with Gasteiger partial charge in [-0.2, -0.15) is 0 Å². The zero-order valence-corrected chi connectivity index (χ0v) is 14.5. The average molecular weight is 332 g/mol. The molecule has 1 amide bonds. The Bertz CT molecular complexity index is 685. The lowest BCUT2D eigenvalue weighted by Crippen LogP contribution is -2.21. The van der Waals surface area contributed by atoms with Crippen LogP contribution in [0.2, 0.25) is 5.02 Å². The third-order valence-electron chi connectivity index (χ3n) is 3.96. The van der Waals surface area contributed by atoms with E-state index in [1.807, 2.05) is 43.3 Å². The van der Waals surface area contributed by atoms with Crippen molar-refractivity contribution in [3.8, 4) is 5.75 Å². The fourth-order valence-electron chi connectivity index (χ4n) is 2.31. The molecule has 1 atom stereocenters. The summed E-state index contributed by atoms with van der Waals surface area (Å²) in [5.41, 5.74) is 2.69. The first-order valence-electron chi connectivity index (χ1n) is 7.79. The van der Waals surface area contributed by atoms with Crippen molar-refractivity contribution in [2.45, 2.75) is 33.1 Å². The van der Waals surface area contributed by atoms with Crippen molar-refractivity contribution in [2.24, 2.45) is 0 Å². The standard InChI is InChI=1S/C19H22ClNO2/c1-4-13(2)15-8-5-6-11-18(15)23-12-19(22)21-17-10-7-9-16(20)14(17)3/h5-11,13H,4,12H2,1-3H3,(H,21,22). The minimum absolute atomic E-state index is 0.0284. The predicted molar refractivity (Wildman–Crippen MR) is 95.5 cm³/mol. The second kappa shape index (κ2) is 8.02. The molecule has 0 saturated heterocycles. The molecule has 0 aliphatic heterocycles. The summed E-state index contributed by atoms with van der Waals surface area (Å²) in [6.45, 7) is 6.13. The van der Waals surface area contributed by atoms with Crippen molar-refractivity contribution in [1.29, 1.82) is 0 Å². The molecule has 0 saturated carbocycles. The maximum atomic E-state index is 12.1. The second-order valence-electron chi connectivity index (χ2n) is 5.60. The number of ether oxygens (including phenoxy) is 1. The van der Waals surface area contributed by atoms with E-state index in [2.05, 4.69) is 19.2 Å². The third-order valence-corrected chi connectivity index (χ3v) is 4.37. The Hall–Kier alpha value is -2.00. The molecule has 0 bridgehead atoms. The first-order valence-corrected chi connectivity index (χ1v) is 8.17. The molecule has 0 aliphatic rings. The molecule has 0 radical (unpaired) electrons. The van der Waals surface area contributed by atoms with Crippen LogP contribution in [-0.2, 0) is 4.79 Å². The SMILES string of the molecule is CCC(C)c1ccccc1OCC(=O)Nc1cccc(Cl)c1C. The molecule has 122 valence electrons. The van der Waals surface area contributed by atoms with Crippen LogP contribution in [0.3, 0.4) is 0 Å². The minimum atomic E-state index is -0.200. The molecule has 2 aromatic rings. The molecule has 2 aromatic carbocycles. The molecule has 0 fully saturated rings. The summed E-state index contributed by atoms with van der Waals surface area (Å²) < 4.78 is 5.72. The summed E-state index contributed by atoms with van der Waals surface area (Å²) in [7, 11) is 0. The lowest BCUT2D eigenvalue weighted by molar-refractivity contribution is -0.118. The molecule has 2 rings (SSSR count). The first kappa shape index (κ1) is 17.4. The molecule has 0 aliphatic carbocycles. The summed E-state index contributed by atoms with van der Waals surface area (Å²) >= 11 is 6.06. The second-order valence-corrected chi connectivity index (χ2v) is 6.00. The Morgan fingerprint density at radius 1 is 1.22 bits per heavy atom. The lowest BCUT2D eigenvalue weighted by atomic mass is 9.98. The molecule has 0 spiro atoms. The van der Waals surface area contributed by atoms with Crippen LogP contribution in [0.25, 0.3) is 0 Å². The van der Waals surface area contributed by atoms with Gasteiger partial charge in [-0.15, -0.1) is 0 Å². The highest BCUT2D eigenvalue weighted by atomic mass is 35.5. The van der Waals surface area contributed by atoms with Gasteiger partial charge in [-0.3, -0.25) is 4.79 Å². The first-order chi connectivity index (χ1) is 11.0. The predicted octanol–water partition coefficient (Wildman–Crippen LogP) is 5.18. The highest BCUT2D eigenvalue weighted by molar-refractivity contribution is 6.31. The molecular weight excluding hydrogens is 310 g/mol. The maximum Gasteiger partial charge on any atom is 0.262 e. The number of hydrogen-bond acceptors (Lipinski definition) is 2. The van der Waals surface area contributed by atoms with Gasteiger partial charge in [0.05, 0.1) is 0 Å². The van der Waals surface area contributed by atoms with Gasteiger partial charge in [0.25, 0.3) is 5.91 Å². The van der Waals surface area contributed by atoms with E-state index in [1.54, 1.807) is 6.07 Å². The van der Waals surface area contributed by atoms with Crippen molar-refractivity contribution >= 4 is 23.2 Å². The van der Waals surface area contributed by atoms with Gasteiger partial charge in [-0.25, -0.2) is 0 Å². The van der Waals surface area contributed by atoms with Crippen molar-refractivity contribution in [3.63, 3.8) is 0 Å². The van der Waals surface area contributed by atoms with Gasteiger partial charge in [-0.05, 0) is 48.6 Å². The highest BCUT2D eigenvalue weighted by Gasteiger charge is 2.12. The molecule has 23 heavy (non-hydrogen) atoms. The van der Waals surface area contributed by atoms with Crippen LogP contribution >= 0.6 is 11.6 Å². The van der Waals surface area contributed by atoms with Crippen LogP contribution in [0.5, 0.6) is 5.75 Å². The van der Waals surface area contributed by atoms with E-state index in [9.17, 15) is 4.79 Å². The smallest absolute Gasteiger partial charge is 0.262 e. The Morgan fingerprint density at radius 3 is 2.70 bits per heavy atom. The fourth-order valence-corrected chi connectivity index (χ4v) is 2.49. The molecule has 3 nitrogen and oxygen atoms in total. The normalized spacial score (nSPS) is 11.8.